The number of carboxylic acid groups (broad SMARTS) is 1. The molecule has 0 saturated heterocycles. The van der Waals surface area contributed by atoms with Crippen LogP contribution in [0.1, 0.15) is 5.69 Å². The topological polar surface area (TPSA) is 100 Å². The molecule has 0 spiro atoms. The van der Waals surface area contributed by atoms with E-state index in [1.807, 2.05) is 6.07 Å². The maximum atomic E-state index is 10.7. The minimum Gasteiger partial charge on any atom is -0.465 e. The van der Waals surface area contributed by atoms with E-state index < -0.39 is 6.09 Å². The van der Waals surface area contributed by atoms with Gasteiger partial charge in [-0.1, -0.05) is 5.16 Å². The molecule has 0 saturated carbocycles. The van der Waals surface area contributed by atoms with Gasteiger partial charge in [0.2, 0.25) is 5.76 Å². The molecule has 0 aromatic carbocycles. The van der Waals surface area contributed by atoms with Gasteiger partial charge >= 0.3 is 6.09 Å². The molecule has 2 heterocycles. The van der Waals surface area contributed by atoms with Crippen LogP contribution >= 0.6 is 0 Å². The summed E-state index contributed by atoms with van der Waals surface area (Å²) >= 11 is 0. The number of rotatable bonds is 3. The largest absolute Gasteiger partial charge is 0.465 e. The Kier molecular flexibility index (Phi) is 3.13. The summed E-state index contributed by atoms with van der Waals surface area (Å²) in [6, 6.07) is 3.53. The molecule has 0 unspecified atom stereocenters. The van der Waals surface area contributed by atoms with Crippen molar-refractivity contribution in [1.29, 1.82) is 0 Å². The predicted molar refractivity (Wildman–Crippen MR) is 65.7 cm³/mol. The standard InChI is InChI=1S/C11H12N4O3/c1-6-9(14-11(16)17)10(18-15-6)8-4-3-7(12-2)5-13-8/h3-5,12,14H,1-2H3,(H,16,17). The number of amides is 1. The molecule has 2 rings (SSSR count). The molecular formula is C11H12N4O3. The molecule has 0 radical (unpaired) electrons. The lowest BCUT2D eigenvalue weighted by atomic mass is 10.2. The van der Waals surface area contributed by atoms with Crippen molar-refractivity contribution in [2.24, 2.45) is 0 Å². The van der Waals surface area contributed by atoms with Gasteiger partial charge in [0.25, 0.3) is 0 Å². The third-order valence-corrected chi connectivity index (χ3v) is 2.38. The van der Waals surface area contributed by atoms with E-state index in [9.17, 15) is 4.79 Å². The predicted octanol–water partition coefficient (Wildman–Crippen LogP) is 2.18. The molecule has 0 aliphatic rings. The van der Waals surface area contributed by atoms with E-state index in [1.54, 1.807) is 26.2 Å². The van der Waals surface area contributed by atoms with Crippen LogP contribution in [0.3, 0.4) is 0 Å². The lowest BCUT2D eigenvalue weighted by Crippen LogP contribution is -2.08. The Labute approximate surface area is 103 Å². The quantitative estimate of drug-likeness (QED) is 0.769. The third kappa shape index (κ3) is 2.24. The first-order valence-electron chi connectivity index (χ1n) is 5.22. The molecule has 18 heavy (non-hydrogen) atoms. The lowest BCUT2D eigenvalue weighted by molar-refractivity contribution is 0.209. The molecule has 7 heteroatoms. The van der Waals surface area contributed by atoms with Crippen LogP contribution in [0.4, 0.5) is 16.2 Å². The van der Waals surface area contributed by atoms with Crippen molar-refractivity contribution < 1.29 is 14.4 Å². The summed E-state index contributed by atoms with van der Waals surface area (Å²) in [5.41, 5.74) is 2.14. The summed E-state index contributed by atoms with van der Waals surface area (Å²) in [5.74, 6) is 0.303. The maximum Gasteiger partial charge on any atom is 0.409 e. The zero-order chi connectivity index (χ0) is 13.1. The number of pyridine rings is 1. The average Bonchev–Trinajstić information content (AvgIpc) is 2.71. The first kappa shape index (κ1) is 11.9. The average molecular weight is 248 g/mol. The van der Waals surface area contributed by atoms with Crippen molar-refractivity contribution in [3.8, 4) is 11.5 Å². The van der Waals surface area contributed by atoms with E-state index in [1.165, 1.54) is 0 Å². The van der Waals surface area contributed by atoms with Gasteiger partial charge in [0, 0.05) is 7.05 Å². The highest BCUT2D eigenvalue weighted by atomic mass is 16.5. The van der Waals surface area contributed by atoms with E-state index in [-0.39, 0.29) is 0 Å². The monoisotopic (exact) mass is 248 g/mol. The molecule has 7 nitrogen and oxygen atoms in total. The highest BCUT2D eigenvalue weighted by Gasteiger charge is 2.17. The summed E-state index contributed by atoms with van der Waals surface area (Å²) in [6.45, 7) is 1.65. The Morgan fingerprint density at radius 3 is 2.78 bits per heavy atom. The maximum absolute atomic E-state index is 10.7. The molecule has 0 atom stereocenters. The number of nitrogens with zero attached hydrogens (tertiary/aromatic N) is 2. The Balaban J connectivity index is 2.40. The van der Waals surface area contributed by atoms with Crippen LogP contribution in [0.25, 0.3) is 11.5 Å². The van der Waals surface area contributed by atoms with Gasteiger partial charge in [-0.15, -0.1) is 0 Å². The van der Waals surface area contributed by atoms with Crippen LogP contribution < -0.4 is 10.6 Å². The van der Waals surface area contributed by atoms with Crippen LogP contribution in [0, 0.1) is 6.92 Å². The van der Waals surface area contributed by atoms with Gasteiger partial charge in [-0.25, -0.2) is 4.79 Å². The molecule has 2 aromatic rings. The smallest absolute Gasteiger partial charge is 0.409 e. The summed E-state index contributed by atoms with van der Waals surface area (Å²) in [7, 11) is 1.78. The molecule has 1 amide bonds. The summed E-state index contributed by atoms with van der Waals surface area (Å²) in [4.78, 5) is 14.9. The number of hydrogen-bond acceptors (Lipinski definition) is 5. The molecule has 0 aliphatic carbocycles. The van der Waals surface area contributed by atoms with Gasteiger partial charge in [0.15, 0.2) is 0 Å². The third-order valence-electron chi connectivity index (χ3n) is 2.38. The molecular weight excluding hydrogens is 236 g/mol. The van der Waals surface area contributed by atoms with E-state index in [4.69, 9.17) is 9.63 Å². The van der Waals surface area contributed by atoms with Crippen molar-refractivity contribution in [3.05, 3.63) is 24.0 Å². The van der Waals surface area contributed by atoms with Gasteiger partial charge in [0.1, 0.15) is 17.1 Å². The first-order valence-corrected chi connectivity index (χ1v) is 5.22. The van der Waals surface area contributed by atoms with Crippen molar-refractivity contribution in [2.45, 2.75) is 6.92 Å². The van der Waals surface area contributed by atoms with Gasteiger partial charge in [-0.3, -0.25) is 10.3 Å². The SMILES string of the molecule is CNc1ccc(-c2onc(C)c2NC(=O)O)nc1. The minimum absolute atomic E-state index is 0.303. The normalized spacial score (nSPS) is 10.1. The Bertz CT molecular complexity index is 562. The zero-order valence-electron chi connectivity index (χ0n) is 9.89. The minimum atomic E-state index is -1.17. The fourth-order valence-electron chi connectivity index (χ4n) is 1.47. The highest BCUT2D eigenvalue weighted by molar-refractivity contribution is 5.89. The number of aryl methyl sites for hydroxylation is 1. The van der Waals surface area contributed by atoms with Crippen molar-refractivity contribution in [2.75, 3.05) is 17.7 Å². The van der Waals surface area contributed by atoms with E-state index >= 15 is 0 Å². The van der Waals surface area contributed by atoms with Crippen LogP contribution in [-0.2, 0) is 0 Å². The number of carbonyl (C=O) groups is 1. The summed E-state index contributed by atoms with van der Waals surface area (Å²) in [5, 5.41) is 17.7. The molecule has 2 aromatic heterocycles. The van der Waals surface area contributed by atoms with Gasteiger partial charge < -0.3 is 14.9 Å². The second-order valence-electron chi connectivity index (χ2n) is 3.58. The highest BCUT2D eigenvalue weighted by Crippen LogP contribution is 2.29. The van der Waals surface area contributed by atoms with Gasteiger partial charge in [-0.05, 0) is 19.1 Å². The molecule has 0 fully saturated rings. The van der Waals surface area contributed by atoms with Crippen molar-refractivity contribution >= 4 is 17.5 Å². The fraction of sp³-hybridized carbons (Fsp3) is 0.182. The Morgan fingerprint density at radius 1 is 1.44 bits per heavy atom. The fourth-order valence-corrected chi connectivity index (χ4v) is 1.47. The number of anilines is 2. The second-order valence-corrected chi connectivity index (χ2v) is 3.58. The van der Waals surface area contributed by atoms with E-state index in [2.05, 4.69) is 20.8 Å². The molecule has 0 bridgehead atoms. The second kappa shape index (κ2) is 4.74. The molecule has 3 N–H and O–H groups in total. The van der Waals surface area contributed by atoms with Crippen LogP contribution in [0.15, 0.2) is 22.9 Å². The zero-order valence-corrected chi connectivity index (χ0v) is 9.89. The van der Waals surface area contributed by atoms with Crippen LogP contribution in [0.2, 0.25) is 0 Å². The van der Waals surface area contributed by atoms with Crippen LogP contribution in [-0.4, -0.2) is 28.4 Å². The number of aromatic nitrogens is 2. The first-order chi connectivity index (χ1) is 8.61. The molecule has 94 valence electrons. The summed E-state index contributed by atoms with van der Waals surface area (Å²) in [6.07, 6.45) is 0.451. The Hall–Kier alpha value is -2.57. The van der Waals surface area contributed by atoms with Crippen molar-refractivity contribution in [3.63, 3.8) is 0 Å². The van der Waals surface area contributed by atoms with Crippen molar-refractivity contribution in [1.82, 2.24) is 10.1 Å². The number of nitrogens with one attached hydrogen (secondary N) is 2. The summed E-state index contributed by atoms with van der Waals surface area (Å²) < 4.78 is 5.10. The van der Waals surface area contributed by atoms with E-state index in [0.717, 1.165) is 5.69 Å². The van der Waals surface area contributed by atoms with Crippen LogP contribution in [0.5, 0.6) is 0 Å². The Morgan fingerprint density at radius 2 is 2.22 bits per heavy atom. The van der Waals surface area contributed by atoms with Gasteiger partial charge in [0.05, 0.1) is 11.9 Å². The number of hydrogen-bond donors (Lipinski definition) is 3. The van der Waals surface area contributed by atoms with E-state index in [0.29, 0.717) is 22.8 Å². The lowest BCUT2D eigenvalue weighted by Gasteiger charge is -2.02. The van der Waals surface area contributed by atoms with Gasteiger partial charge in [-0.2, -0.15) is 0 Å². The molecule has 0 aliphatic heterocycles.